The Hall–Kier alpha value is -1.07. The highest BCUT2D eigenvalue weighted by Gasteiger charge is 2.23. The van der Waals surface area contributed by atoms with Crippen LogP contribution in [0.4, 0.5) is 4.79 Å². The number of ether oxygens (including phenoxy) is 1. The minimum Gasteiger partial charge on any atom is -0.444 e. The maximum Gasteiger partial charge on any atom is 0.410 e. The molecule has 0 atom stereocenters. The lowest BCUT2D eigenvalue weighted by Gasteiger charge is -2.30. The van der Waals surface area contributed by atoms with E-state index < -0.39 is 5.60 Å². The van der Waals surface area contributed by atoms with Crippen molar-refractivity contribution < 1.29 is 9.53 Å². The van der Waals surface area contributed by atoms with Crippen LogP contribution in [0.5, 0.6) is 0 Å². The summed E-state index contributed by atoms with van der Waals surface area (Å²) in [6.45, 7) is 14.0. The Morgan fingerprint density at radius 1 is 1.38 bits per heavy atom. The topological polar surface area (TPSA) is 41.6 Å². The molecule has 5 heteroatoms. The lowest BCUT2D eigenvalue weighted by Crippen LogP contribution is -2.44. The number of aryl methyl sites for hydroxylation is 1. The first-order valence-electron chi connectivity index (χ1n) is 7.44. The fraction of sp³-hybridized carbons (Fsp3) is 0.688. The summed E-state index contributed by atoms with van der Waals surface area (Å²) in [7, 11) is 0. The zero-order valence-electron chi connectivity index (χ0n) is 14.0. The molecule has 0 radical (unpaired) electrons. The lowest BCUT2D eigenvalue weighted by molar-refractivity contribution is 0.0193. The first-order valence-corrected chi connectivity index (χ1v) is 8.26. The number of thiophene rings is 1. The minimum absolute atomic E-state index is 0.130. The molecule has 120 valence electrons. The van der Waals surface area contributed by atoms with Gasteiger partial charge in [-0.25, -0.2) is 4.79 Å². The van der Waals surface area contributed by atoms with Gasteiger partial charge in [0.05, 0.1) is 0 Å². The van der Waals surface area contributed by atoms with E-state index in [0.717, 1.165) is 13.1 Å². The van der Waals surface area contributed by atoms with Crippen LogP contribution in [0.15, 0.2) is 12.1 Å². The second-order valence-corrected chi connectivity index (χ2v) is 7.83. The van der Waals surface area contributed by atoms with E-state index in [9.17, 15) is 4.79 Å². The number of hydrogen-bond donors (Lipinski definition) is 1. The fourth-order valence-corrected chi connectivity index (χ4v) is 2.73. The molecule has 1 rings (SSSR count). The van der Waals surface area contributed by atoms with E-state index in [4.69, 9.17) is 4.74 Å². The third-order valence-electron chi connectivity index (χ3n) is 2.88. The summed E-state index contributed by atoms with van der Waals surface area (Å²) >= 11 is 1.80. The molecule has 0 aliphatic carbocycles. The van der Waals surface area contributed by atoms with Crippen LogP contribution >= 0.6 is 11.3 Å². The predicted molar refractivity (Wildman–Crippen MR) is 88.8 cm³/mol. The van der Waals surface area contributed by atoms with Gasteiger partial charge in [-0.1, -0.05) is 0 Å². The third kappa shape index (κ3) is 6.96. The largest absolute Gasteiger partial charge is 0.444 e. The molecule has 1 N–H and O–H groups in total. The number of nitrogens with one attached hydrogen (secondary N) is 1. The Bertz CT molecular complexity index is 449. The number of carbonyl (C=O) groups is 1. The summed E-state index contributed by atoms with van der Waals surface area (Å²) < 4.78 is 5.44. The van der Waals surface area contributed by atoms with Gasteiger partial charge in [-0.15, -0.1) is 11.3 Å². The average Bonchev–Trinajstić information content (AvgIpc) is 2.71. The molecule has 1 heterocycles. The highest BCUT2D eigenvalue weighted by molar-refractivity contribution is 7.11. The average molecular weight is 312 g/mol. The van der Waals surface area contributed by atoms with Gasteiger partial charge in [-0.2, -0.15) is 0 Å². The maximum atomic E-state index is 12.1. The zero-order valence-corrected chi connectivity index (χ0v) is 14.8. The molecule has 21 heavy (non-hydrogen) atoms. The van der Waals surface area contributed by atoms with E-state index in [0.29, 0.717) is 6.54 Å². The van der Waals surface area contributed by atoms with Crippen LogP contribution in [-0.4, -0.2) is 35.7 Å². The molecule has 0 saturated heterocycles. The first-order chi connectivity index (χ1) is 9.69. The van der Waals surface area contributed by atoms with Crippen molar-refractivity contribution in [1.29, 1.82) is 0 Å². The first kappa shape index (κ1) is 18.0. The van der Waals surface area contributed by atoms with Crippen molar-refractivity contribution in [3.63, 3.8) is 0 Å². The molecule has 1 amide bonds. The summed E-state index contributed by atoms with van der Waals surface area (Å²) in [5.74, 6) is 0. The molecular weight excluding hydrogens is 284 g/mol. The molecule has 0 fully saturated rings. The Balaban J connectivity index is 2.39. The Labute approximate surface area is 132 Å². The van der Waals surface area contributed by atoms with Crippen molar-refractivity contribution in [2.45, 2.75) is 59.7 Å². The molecule has 1 aromatic heterocycles. The number of carbonyl (C=O) groups excluding carboxylic acids is 1. The van der Waals surface area contributed by atoms with E-state index in [2.05, 4.69) is 24.4 Å². The monoisotopic (exact) mass is 312 g/mol. The van der Waals surface area contributed by atoms with Crippen LogP contribution in [0, 0.1) is 6.92 Å². The molecule has 0 aliphatic heterocycles. The Kier molecular flexibility index (Phi) is 6.68. The minimum atomic E-state index is -0.452. The van der Waals surface area contributed by atoms with E-state index in [1.54, 1.807) is 16.2 Å². The number of hydrogen-bond acceptors (Lipinski definition) is 4. The van der Waals surface area contributed by atoms with Crippen molar-refractivity contribution in [1.82, 2.24) is 10.2 Å². The summed E-state index contributed by atoms with van der Waals surface area (Å²) in [4.78, 5) is 16.6. The van der Waals surface area contributed by atoms with Crippen LogP contribution < -0.4 is 5.32 Å². The molecule has 0 spiro atoms. The van der Waals surface area contributed by atoms with Crippen molar-refractivity contribution in [3.05, 3.63) is 21.9 Å². The van der Waals surface area contributed by atoms with Gasteiger partial charge in [0.2, 0.25) is 0 Å². The van der Waals surface area contributed by atoms with Gasteiger partial charge < -0.3 is 15.0 Å². The van der Waals surface area contributed by atoms with Gasteiger partial charge >= 0.3 is 6.09 Å². The summed E-state index contributed by atoms with van der Waals surface area (Å²) in [5, 5.41) is 3.38. The SMILES string of the molecule is Cc1ccc(CNCCN(C(=O)OC(C)(C)C)C(C)C)s1. The highest BCUT2D eigenvalue weighted by Crippen LogP contribution is 2.14. The van der Waals surface area contributed by atoms with Crippen LogP contribution in [-0.2, 0) is 11.3 Å². The molecule has 1 aromatic rings. The van der Waals surface area contributed by atoms with E-state index >= 15 is 0 Å². The normalized spacial score (nSPS) is 11.8. The molecule has 0 saturated carbocycles. The highest BCUT2D eigenvalue weighted by atomic mass is 32.1. The van der Waals surface area contributed by atoms with Crippen molar-refractivity contribution in [3.8, 4) is 0 Å². The van der Waals surface area contributed by atoms with E-state index in [-0.39, 0.29) is 12.1 Å². The van der Waals surface area contributed by atoms with E-state index in [1.807, 2.05) is 34.6 Å². The van der Waals surface area contributed by atoms with Gasteiger partial charge in [0, 0.05) is 35.4 Å². The van der Waals surface area contributed by atoms with Gasteiger partial charge in [-0.3, -0.25) is 0 Å². The molecule has 0 bridgehead atoms. The molecule has 0 unspecified atom stereocenters. The van der Waals surface area contributed by atoms with E-state index in [1.165, 1.54) is 9.75 Å². The van der Waals surface area contributed by atoms with Crippen molar-refractivity contribution in [2.24, 2.45) is 0 Å². The van der Waals surface area contributed by atoms with Crippen LogP contribution in [0.1, 0.15) is 44.4 Å². The molecular formula is C16H28N2O2S. The Morgan fingerprint density at radius 2 is 2.05 bits per heavy atom. The molecule has 0 aliphatic rings. The maximum absolute atomic E-state index is 12.1. The number of rotatable bonds is 6. The van der Waals surface area contributed by atoms with Crippen molar-refractivity contribution >= 4 is 17.4 Å². The summed E-state index contributed by atoms with van der Waals surface area (Å²) in [6.07, 6.45) is -0.244. The predicted octanol–water partition coefficient (Wildman–Crippen LogP) is 3.79. The standard InChI is InChI=1S/C16H28N2O2S/c1-12(2)18(15(19)20-16(4,5)6)10-9-17-11-14-8-7-13(3)21-14/h7-8,12,17H,9-11H2,1-6H3. The zero-order chi connectivity index (χ0) is 16.0. The second kappa shape index (κ2) is 7.80. The third-order valence-corrected chi connectivity index (χ3v) is 3.88. The van der Waals surface area contributed by atoms with Crippen molar-refractivity contribution in [2.75, 3.05) is 13.1 Å². The van der Waals surface area contributed by atoms with Gasteiger partial charge in [0.1, 0.15) is 5.60 Å². The molecule has 4 nitrogen and oxygen atoms in total. The summed E-state index contributed by atoms with van der Waals surface area (Å²) in [5.41, 5.74) is -0.452. The smallest absolute Gasteiger partial charge is 0.410 e. The Morgan fingerprint density at radius 3 is 2.52 bits per heavy atom. The van der Waals surface area contributed by atoms with Gasteiger partial charge in [-0.05, 0) is 53.7 Å². The summed E-state index contributed by atoms with van der Waals surface area (Å²) in [6, 6.07) is 4.40. The van der Waals surface area contributed by atoms with Gasteiger partial charge in [0.15, 0.2) is 0 Å². The fourth-order valence-electron chi connectivity index (χ4n) is 1.87. The number of nitrogens with zero attached hydrogens (tertiary/aromatic N) is 1. The lowest BCUT2D eigenvalue weighted by atomic mass is 10.2. The van der Waals surface area contributed by atoms with Gasteiger partial charge in [0.25, 0.3) is 0 Å². The van der Waals surface area contributed by atoms with Crippen LogP contribution in [0.2, 0.25) is 0 Å². The van der Waals surface area contributed by atoms with Crippen LogP contribution in [0.3, 0.4) is 0 Å². The second-order valence-electron chi connectivity index (χ2n) is 6.46. The quantitative estimate of drug-likeness (QED) is 0.813. The number of amides is 1. The molecule has 0 aromatic carbocycles. The van der Waals surface area contributed by atoms with Crippen LogP contribution in [0.25, 0.3) is 0 Å².